The van der Waals surface area contributed by atoms with Gasteiger partial charge in [-0.05, 0) is 63.4 Å². The number of nitrogens with two attached hydrogens (primary N) is 1. The molecule has 1 amide bonds. The van der Waals surface area contributed by atoms with Gasteiger partial charge in [0, 0.05) is 29.4 Å². The summed E-state index contributed by atoms with van der Waals surface area (Å²) in [4.78, 5) is 14.9. The minimum atomic E-state index is 0.0121. The molecule has 114 valence electrons. The molecule has 3 N–H and O–H groups in total. The van der Waals surface area contributed by atoms with Crippen LogP contribution in [0.15, 0.2) is 18.2 Å². The van der Waals surface area contributed by atoms with Crippen molar-refractivity contribution in [3.05, 3.63) is 29.3 Å². The fourth-order valence-electron chi connectivity index (χ4n) is 3.95. The second-order valence-corrected chi connectivity index (χ2v) is 6.68. The van der Waals surface area contributed by atoms with E-state index in [0.717, 1.165) is 18.4 Å². The van der Waals surface area contributed by atoms with E-state index >= 15 is 0 Å². The first-order valence-corrected chi connectivity index (χ1v) is 7.93. The molecule has 2 aliphatic rings. The summed E-state index contributed by atoms with van der Waals surface area (Å²) in [6, 6.07) is 7.11. The predicted octanol–water partition coefficient (Wildman–Crippen LogP) is 2.32. The number of aryl methyl sites for hydroxylation is 1. The van der Waals surface area contributed by atoms with Gasteiger partial charge in [-0.3, -0.25) is 4.79 Å². The molecule has 0 radical (unpaired) electrons. The number of nitrogen functional groups attached to an aromatic ring is 1. The van der Waals surface area contributed by atoms with Gasteiger partial charge in [-0.1, -0.05) is 6.42 Å². The highest BCUT2D eigenvalue weighted by atomic mass is 16.1. The molecule has 2 unspecified atom stereocenters. The monoisotopic (exact) mass is 287 g/mol. The summed E-state index contributed by atoms with van der Waals surface area (Å²) in [5.41, 5.74) is 8.20. The maximum atomic E-state index is 12.4. The van der Waals surface area contributed by atoms with Gasteiger partial charge < -0.3 is 16.0 Å². The van der Waals surface area contributed by atoms with Gasteiger partial charge in [0.1, 0.15) is 0 Å². The number of nitrogens with zero attached hydrogens (tertiary/aromatic N) is 1. The van der Waals surface area contributed by atoms with Crippen LogP contribution in [0.5, 0.6) is 0 Å². The van der Waals surface area contributed by atoms with Crippen molar-refractivity contribution in [1.29, 1.82) is 0 Å². The quantitative estimate of drug-likeness (QED) is 0.821. The van der Waals surface area contributed by atoms with E-state index in [0.29, 0.717) is 29.4 Å². The van der Waals surface area contributed by atoms with Gasteiger partial charge in [-0.2, -0.15) is 0 Å². The van der Waals surface area contributed by atoms with Crippen molar-refractivity contribution in [3.63, 3.8) is 0 Å². The SMILES string of the molecule is Cc1cc(N)cc(C(=O)NC2CC3CCCC(C2)N3C)c1. The zero-order valence-electron chi connectivity index (χ0n) is 12.9. The second-order valence-electron chi connectivity index (χ2n) is 6.68. The first-order chi connectivity index (χ1) is 10.0. The second kappa shape index (κ2) is 5.68. The van der Waals surface area contributed by atoms with Crippen molar-refractivity contribution in [1.82, 2.24) is 10.2 Å². The number of anilines is 1. The Morgan fingerprint density at radius 2 is 1.90 bits per heavy atom. The lowest BCUT2D eigenvalue weighted by Gasteiger charge is -2.47. The highest BCUT2D eigenvalue weighted by Gasteiger charge is 2.36. The highest BCUT2D eigenvalue weighted by molar-refractivity contribution is 5.95. The number of rotatable bonds is 2. The number of piperidine rings is 2. The zero-order chi connectivity index (χ0) is 15.0. The molecule has 0 aliphatic carbocycles. The van der Waals surface area contributed by atoms with Crippen LogP contribution < -0.4 is 11.1 Å². The molecule has 21 heavy (non-hydrogen) atoms. The third kappa shape index (κ3) is 3.05. The summed E-state index contributed by atoms with van der Waals surface area (Å²) < 4.78 is 0. The lowest BCUT2D eigenvalue weighted by Crippen LogP contribution is -2.55. The number of carbonyl (C=O) groups excluding carboxylic acids is 1. The Hall–Kier alpha value is -1.55. The van der Waals surface area contributed by atoms with Gasteiger partial charge in [-0.25, -0.2) is 0 Å². The molecular weight excluding hydrogens is 262 g/mol. The van der Waals surface area contributed by atoms with Crippen LogP contribution in [-0.4, -0.2) is 36.0 Å². The third-order valence-corrected chi connectivity index (χ3v) is 5.04. The average molecular weight is 287 g/mol. The number of benzene rings is 1. The molecule has 4 heteroatoms. The van der Waals surface area contributed by atoms with Crippen LogP contribution in [0, 0.1) is 6.92 Å². The summed E-state index contributed by atoms with van der Waals surface area (Å²) in [6.45, 7) is 1.97. The molecule has 2 bridgehead atoms. The van der Waals surface area contributed by atoms with Gasteiger partial charge in [0.15, 0.2) is 0 Å². The van der Waals surface area contributed by atoms with Gasteiger partial charge in [-0.15, -0.1) is 0 Å². The van der Waals surface area contributed by atoms with Crippen LogP contribution in [0.1, 0.15) is 48.0 Å². The lowest BCUT2D eigenvalue weighted by molar-refractivity contribution is 0.0463. The molecule has 0 saturated carbocycles. The van der Waals surface area contributed by atoms with Crippen LogP contribution in [0.4, 0.5) is 5.69 Å². The van der Waals surface area contributed by atoms with E-state index in [9.17, 15) is 4.79 Å². The first kappa shape index (κ1) is 14.4. The Labute approximate surface area is 126 Å². The largest absolute Gasteiger partial charge is 0.399 e. The molecule has 0 spiro atoms. The van der Waals surface area contributed by atoms with Crippen molar-refractivity contribution in [2.75, 3.05) is 12.8 Å². The van der Waals surface area contributed by atoms with E-state index in [1.165, 1.54) is 19.3 Å². The zero-order valence-corrected chi connectivity index (χ0v) is 12.9. The number of hydrogen-bond acceptors (Lipinski definition) is 3. The number of carbonyl (C=O) groups is 1. The van der Waals surface area contributed by atoms with E-state index < -0.39 is 0 Å². The molecule has 1 aromatic carbocycles. The molecule has 2 aliphatic heterocycles. The van der Waals surface area contributed by atoms with E-state index in [-0.39, 0.29) is 5.91 Å². The summed E-state index contributed by atoms with van der Waals surface area (Å²) >= 11 is 0. The minimum absolute atomic E-state index is 0.0121. The van der Waals surface area contributed by atoms with Crippen LogP contribution in [0.25, 0.3) is 0 Å². The van der Waals surface area contributed by atoms with Crippen LogP contribution in [-0.2, 0) is 0 Å². The van der Waals surface area contributed by atoms with Crippen molar-refractivity contribution in [2.24, 2.45) is 0 Å². The van der Waals surface area contributed by atoms with Crippen molar-refractivity contribution in [3.8, 4) is 0 Å². The average Bonchev–Trinajstić information content (AvgIpc) is 2.38. The third-order valence-electron chi connectivity index (χ3n) is 5.04. The van der Waals surface area contributed by atoms with Crippen LogP contribution in [0.3, 0.4) is 0 Å². The lowest BCUT2D eigenvalue weighted by atomic mass is 9.82. The van der Waals surface area contributed by atoms with Gasteiger partial charge >= 0.3 is 0 Å². The normalized spacial score (nSPS) is 29.1. The minimum Gasteiger partial charge on any atom is -0.399 e. The Kier molecular flexibility index (Phi) is 3.89. The van der Waals surface area contributed by atoms with Crippen molar-refractivity contribution < 1.29 is 4.79 Å². The summed E-state index contributed by atoms with van der Waals surface area (Å²) in [5, 5.41) is 3.22. The number of nitrogens with one attached hydrogen (secondary N) is 1. The predicted molar refractivity (Wildman–Crippen MR) is 85.3 cm³/mol. The smallest absolute Gasteiger partial charge is 0.251 e. The molecule has 2 heterocycles. The van der Waals surface area contributed by atoms with E-state index in [1.54, 1.807) is 6.07 Å². The van der Waals surface area contributed by atoms with Crippen molar-refractivity contribution >= 4 is 11.6 Å². The Balaban J connectivity index is 1.68. The van der Waals surface area contributed by atoms with E-state index in [1.807, 2.05) is 19.1 Å². The molecule has 4 nitrogen and oxygen atoms in total. The number of hydrogen-bond donors (Lipinski definition) is 2. The van der Waals surface area contributed by atoms with Gasteiger partial charge in [0.25, 0.3) is 5.91 Å². The standard InChI is InChI=1S/C17H25N3O/c1-11-6-12(8-13(18)7-11)17(21)19-14-9-15-4-3-5-16(10-14)20(15)2/h6-8,14-16H,3-5,9-10,18H2,1-2H3,(H,19,21). The number of amides is 1. The van der Waals surface area contributed by atoms with Gasteiger partial charge in [0.05, 0.1) is 0 Å². The van der Waals surface area contributed by atoms with E-state index in [2.05, 4.69) is 17.3 Å². The van der Waals surface area contributed by atoms with E-state index in [4.69, 9.17) is 5.73 Å². The molecule has 0 aromatic heterocycles. The summed E-state index contributed by atoms with van der Waals surface area (Å²) in [7, 11) is 2.23. The Morgan fingerprint density at radius 1 is 1.24 bits per heavy atom. The van der Waals surface area contributed by atoms with Crippen LogP contribution >= 0.6 is 0 Å². The first-order valence-electron chi connectivity index (χ1n) is 7.93. The maximum absolute atomic E-state index is 12.4. The molecule has 2 atom stereocenters. The fraction of sp³-hybridized carbons (Fsp3) is 0.588. The summed E-state index contributed by atoms with van der Waals surface area (Å²) in [6.07, 6.45) is 5.99. The Bertz CT molecular complexity index is 509. The highest BCUT2D eigenvalue weighted by Crippen LogP contribution is 2.32. The molecule has 2 fully saturated rings. The molecule has 2 saturated heterocycles. The van der Waals surface area contributed by atoms with Crippen LogP contribution in [0.2, 0.25) is 0 Å². The molecular formula is C17H25N3O. The topological polar surface area (TPSA) is 58.4 Å². The summed E-state index contributed by atoms with van der Waals surface area (Å²) in [5.74, 6) is 0.0121. The fourth-order valence-corrected chi connectivity index (χ4v) is 3.95. The molecule has 1 aromatic rings. The maximum Gasteiger partial charge on any atom is 0.251 e. The van der Waals surface area contributed by atoms with Gasteiger partial charge in [0.2, 0.25) is 0 Å². The number of fused-ring (bicyclic) bond motifs is 2. The van der Waals surface area contributed by atoms with Crippen molar-refractivity contribution in [2.45, 2.75) is 57.2 Å². The molecule has 3 rings (SSSR count). The Morgan fingerprint density at radius 3 is 2.52 bits per heavy atom.